The highest BCUT2D eigenvalue weighted by Crippen LogP contribution is 2.25. The summed E-state index contributed by atoms with van der Waals surface area (Å²) in [7, 11) is 0. The topological polar surface area (TPSA) is 67.8 Å². The Morgan fingerprint density at radius 1 is 0.895 bits per heavy atom. The Kier molecular flexibility index (Phi) is 3.61. The van der Waals surface area contributed by atoms with Gasteiger partial charge in [-0.25, -0.2) is 0 Å². The van der Waals surface area contributed by atoms with Gasteiger partial charge >= 0.3 is 0 Å². The molecule has 0 spiro atoms. The van der Waals surface area contributed by atoms with Gasteiger partial charge in [0.15, 0.2) is 0 Å². The van der Waals surface area contributed by atoms with Crippen molar-refractivity contribution in [3.8, 4) is 17.9 Å². The highest BCUT2D eigenvalue weighted by atomic mass is 16.3. The first-order valence-corrected chi connectivity index (χ1v) is 5.65. The van der Waals surface area contributed by atoms with Gasteiger partial charge in [0.1, 0.15) is 17.4 Å². The van der Waals surface area contributed by atoms with Crippen molar-refractivity contribution in [3.63, 3.8) is 0 Å². The zero-order valence-corrected chi connectivity index (χ0v) is 10.0. The van der Waals surface area contributed by atoms with Crippen molar-refractivity contribution < 1.29 is 5.11 Å². The molecular formula is C16H10N2O. The predicted molar refractivity (Wildman–Crippen MR) is 72.9 cm³/mol. The summed E-state index contributed by atoms with van der Waals surface area (Å²) in [5, 5.41) is 27.8. The van der Waals surface area contributed by atoms with Gasteiger partial charge in [-0.15, -0.1) is 0 Å². The average molecular weight is 246 g/mol. The van der Waals surface area contributed by atoms with Gasteiger partial charge in [0, 0.05) is 5.56 Å². The predicted octanol–water partition coefficient (Wildman–Crippen LogP) is 3.31. The van der Waals surface area contributed by atoms with Crippen molar-refractivity contribution in [1.82, 2.24) is 0 Å². The number of nitrogens with zero attached hydrogens (tertiary/aromatic N) is 2. The fraction of sp³-hybridized carbons (Fsp3) is 0. The number of nitriles is 2. The Hall–Kier alpha value is -3.04. The number of hydrogen-bond acceptors (Lipinski definition) is 3. The Morgan fingerprint density at radius 2 is 1.63 bits per heavy atom. The van der Waals surface area contributed by atoms with E-state index in [0.717, 1.165) is 5.56 Å². The summed E-state index contributed by atoms with van der Waals surface area (Å²) in [5.74, 6) is -0.116. The molecule has 0 saturated heterocycles. The minimum atomic E-state index is -0.116. The van der Waals surface area contributed by atoms with Crippen LogP contribution in [0.1, 0.15) is 22.3 Å². The summed E-state index contributed by atoms with van der Waals surface area (Å²) in [6.45, 7) is 0. The van der Waals surface area contributed by atoms with Gasteiger partial charge in [0.25, 0.3) is 0 Å². The Balaban J connectivity index is 2.51. The lowest BCUT2D eigenvalue weighted by molar-refractivity contribution is 0.473. The maximum atomic E-state index is 9.64. The summed E-state index contributed by atoms with van der Waals surface area (Å²) in [5.41, 5.74) is 1.88. The molecule has 0 heterocycles. The molecule has 0 aromatic heterocycles. The lowest BCUT2D eigenvalue weighted by atomic mass is 10.00. The number of benzene rings is 2. The van der Waals surface area contributed by atoms with Crippen molar-refractivity contribution in [2.45, 2.75) is 0 Å². The summed E-state index contributed by atoms with van der Waals surface area (Å²) in [6, 6.07) is 16.3. The number of hydrogen-bond donors (Lipinski definition) is 1. The van der Waals surface area contributed by atoms with E-state index >= 15 is 0 Å². The number of phenolic OH excluding ortho intramolecular Hbond substituents is 1. The first-order chi connectivity index (χ1) is 9.26. The smallest absolute Gasteiger partial charge is 0.134 e. The highest BCUT2D eigenvalue weighted by Gasteiger charge is 2.10. The summed E-state index contributed by atoms with van der Waals surface area (Å²) >= 11 is 0. The van der Waals surface area contributed by atoms with Crippen LogP contribution >= 0.6 is 0 Å². The van der Waals surface area contributed by atoms with E-state index < -0.39 is 0 Å². The summed E-state index contributed by atoms with van der Waals surface area (Å²) < 4.78 is 0. The quantitative estimate of drug-likeness (QED) is 0.826. The van der Waals surface area contributed by atoms with Crippen LogP contribution in [-0.4, -0.2) is 5.11 Å². The molecular weight excluding hydrogens is 236 g/mol. The molecule has 0 aliphatic heterocycles. The van der Waals surface area contributed by atoms with E-state index in [0.29, 0.717) is 11.1 Å². The van der Waals surface area contributed by atoms with Crippen LogP contribution in [-0.2, 0) is 0 Å². The van der Waals surface area contributed by atoms with Crippen molar-refractivity contribution in [2.24, 2.45) is 0 Å². The van der Waals surface area contributed by atoms with Gasteiger partial charge in [-0.3, -0.25) is 0 Å². The third-order valence-electron chi connectivity index (χ3n) is 2.70. The second-order valence-corrected chi connectivity index (χ2v) is 3.89. The third-order valence-corrected chi connectivity index (χ3v) is 2.70. The lowest BCUT2D eigenvalue weighted by Gasteiger charge is -2.03. The molecule has 90 valence electrons. The van der Waals surface area contributed by atoms with Crippen LogP contribution in [0.5, 0.6) is 5.75 Å². The van der Waals surface area contributed by atoms with E-state index in [4.69, 9.17) is 10.5 Å². The molecule has 0 unspecified atom stereocenters. The van der Waals surface area contributed by atoms with Crippen molar-refractivity contribution >= 4 is 12.2 Å². The monoisotopic (exact) mass is 246 g/mol. The van der Waals surface area contributed by atoms with E-state index in [2.05, 4.69) is 0 Å². The van der Waals surface area contributed by atoms with Crippen LogP contribution < -0.4 is 0 Å². The molecule has 0 saturated carbocycles. The van der Waals surface area contributed by atoms with E-state index in [-0.39, 0.29) is 11.3 Å². The molecule has 2 aromatic carbocycles. The minimum Gasteiger partial charge on any atom is -0.507 e. The van der Waals surface area contributed by atoms with Crippen LogP contribution in [0.15, 0.2) is 42.5 Å². The third kappa shape index (κ3) is 2.62. The van der Waals surface area contributed by atoms with Gasteiger partial charge in [0.05, 0.1) is 11.6 Å². The molecule has 0 fully saturated rings. The maximum absolute atomic E-state index is 9.64. The minimum absolute atomic E-state index is 0.116. The van der Waals surface area contributed by atoms with Crippen molar-refractivity contribution in [1.29, 1.82) is 10.5 Å². The molecule has 0 bridgehead atoms. The Morgan fingerprint density at radius 3 is 2.26 bits per heavy atom. The van der Waals surface area contributed by atoms with Crippen LogP contribution in [0.2, 0.25) is 0 Å². The first-order valence-electron chi connectivity index (χ1n) is 5.65. The first kappa shape index (κ1) is 12.4. The largest absolute Gasteiger partial charge is 0.507 e. The zero-order valence-electron chi connectivity index (χ0n) is 10.0. The lowest BCUT2D eigenvalue weighted by Crippen LogP contribution is -1.89. The van der Waals surface area contributed by atoms with E-state index in [1.807, 2.05) is 42.5 Å². The number of phenols is 1. The molecule has 0 atom stereocenters. The van der Waals surface area contributed by atoms with Gasteiger partial charge in [-0.05, 0) is 17.7 Å². The number of rotatable bonds is 2. The van der Waals surface area contributed by atoms with Crippen LogP contribution in [0.3, 0.4) is 0 Å². The zero-order chi connectivity index (χ0) is 13.7. The second kappa shape index (κ2) is 5.53. The summed E-state index contributed by atoms with van der Waals surface area (Å²) in [6.07, 6.45) is 3.47. The van der Waals surface area contributed by atoms with E-state index in [9.17, 15) is 5.11 Å². The molecule has 0 aliphatic rings. The van der Waals surface area contributed by atoms with Gasteiger partial charge < -0.3 is 5.11 Å². The second-order valence-electron chi connectivity index (χ2n) is 3.89. The Bertz CT molecular complexity index is 704. The molecule has 3 heteroatoms. The fourth-order valence-corrected chi connectivity index (χ4v) is 1.74. The van der Waals surface area contributed by atoms with Gasteiger partial charge in [-0.1, -0.05) is 42.5 Å². The van der Waals surface area contributed by atoms with Crippen molar-refractivity contribution in [2.75, 3.05) is 0 Å². The molecule has 0 radical (unpaired) electrons. The van der Waals surface area contributed by atoms with Gasteiger partial charge in [0.2, 0.25) is 0 Å². The van der Waals surface area contributed by atoms with Crippen LogP contribution in [0, 0.1) is 22.7 Å². The van der Waals surface area contributed by atoms with Crippen LogP contribution in [0.4, 0.5) is 0 Å². The number of aromatic hydroxyl groups is 1. The molecule has 1 N–H and O–H groups in total. The SMILES string of the molecule is N#Cc1ccc(O)c(C#N)c1C=Cc1ccccc1. The van der Waals surface area contributed by atoms with Crippen molar-refractivity contribution in [3.05, 3.63) is 64.7 Å². The van der Waals surface area contributed by atoms with Crippen LogP contribution in [0.25, 0.3) is 12.2 Å². The normalized spacial score (nSPS) is 10.0. The van der Waals surface area contributed by atoms with Gasteiger partial charge in [-0.2, -0.15) is 10.5 Å². The summed E-state index contributed by atoms with van der Waals surface area (Å²) in [4.78, 5) is 0. The fourth-order valence-electron chi connectivity index (χ4n) is 1.74. The molecule has 3 nitrogen and oxygen atoms in total. The Labute approximate surface area is 111 Å². The standard InChI is InChI=1S/C16H10N2O/c17-10-13-7-9-16(19)15(11-18)14(13)8-6-12-4-2-1-3-5-12/h1-9,19H. The average Bonchev–Trinajstić information content (AvgIpc) is 2.46. The molecule has 2 rings (SSSR count). The molecule has 2 aromatic rings. The molecule has 0 aliphatic carbocycles. The molecule has 19 heavy (non-hydrogen) atoms. The van der Waals surface area contributed by atoms with E-state index in [1.54, 1.807) is 12.2 Å². The highest BCUT2D eigenvalue weighted by molar-refractivity contribution is 5.77. The molecule has 0 amide bonds. The van der Waals surface area contributed by atoms with E-state index in [1.165, 1.54) is 12.1 Å². The maximum Gasteiger partial charge on any atom is 0.134 e.